The number of hydrogen-bond acceptors (Lipinski definition) is 3. The van der Waals surface area contributed by atoms with E-state index in [0.29, 0.717) is 0 Å². The Balaban J connectivity index is 1.15. The highest BCUT2D eigenvalue weighted by Gasteiger charge is 2.61. The number of anilines is 8. The molecule has 0 saturated heterocycles. The number of rotatable bonds is 4. The summed E-state index contributed by atoms with van der Waals surface area (Å²) in [5.41, 5.74) is 26.8. The predicted octanol–water partition coefficient (Wildman–Crippen LogP) is 16.0. The Bertz CT molecular complexity index is 3240. The molecule has 4 heteroatoms. The molecule has 3 aliphatic heterocycles. The maximum Gasteiger partial charge on any atom is 0.252 e. The highest BCUT2D eigenvalue weighted by molar-refractivity contribution is 7.00. The Morgan fingerprint density at radius 1 is 0.500 bits per heavy atom. The van der Waals surface area contributed by atoms with Crippen LogP contribution in [-0.4, -0.2) is 12.3 Å². The first-order chi connectivity index (χ1) is 33.0. The summed E-state index contributed by atoms with van der Waals surface area (Å²) in [6.07, 6.45) is 4.92. The van der Waals surface area contributed by atoms with Gasteiger partial charge < -0.3 is 14.7 Å². The lowest BCUT2D eigenvalue weighted by Crippen LogP contribution is -2.64. The van der Waals surface area contributed by atoms with Gasteiger partial charge >= 0.3 is 0 Å². The zero-order valence-electron chi connectivity index (χ0n) is 44.4. The molecule has 0 N–H and O–H groups in total. The first kappa shape index (κ1) is 45.2. The summed E-state index contributed by atoms with van der Waals surface area (Å²) >= 11 is 0. The van der Waals surface area contributed by atoms with Crippen LogP contribution in [0.3, 0.4) is 0 Å². The topological polar surface area (TPSA) is 9.72 Å². The minimum absolute atomic E-state index is 0.00971. The number of aryl methyl sites for hydroxylation is 1. The van der Waals surface area contributed by atoms with Crippen molar-refractivity contribution in [1.82, 2.24) is 0 Å². The second-order valence-electron chi connectivity index (χ2n) is 25.9. The van der Waals surface area contributed by atoms with Crippen LogP contribution in [0.15, 0.2) is 133 Å². The van der Waals surface area contributed by atoms with E-state index in [1.807, 2.05) is 0 Å². The fraction of sp³-hybridized carbons (Fsp3) is 0.364. The van der Waals surface area contributed by atoms with Gasteiger partial charge in [-0.2, -0.15) is 0 Å². The SMILES string of the molecule is Cc1cc2c3c(c1)N1c4c(cc(C(C)(C)C)cc4C4(C)CCCCC14C)B3c1ccc(N(c3ccc(C(C)(C)C)cc3)c3ccc(C(C)(C)C)cc3)cc1N2c1ccc2c(c1)-c1ccccc1C2(C)C. The average Bonchev–Trinajstić information content (AvgIpc) is 3.67. The maximum absolute atomic E-state index is 2.88. The molecular weight excluding hydrogens is 846 g/mol. The summed E-state index contributed by atoms with van der Waals surface area (Å²) in [4.78, 5) is 8.04. The van der Waals surface area contributed by atoms with Gasteiger partial charge in [-0.15, -0.1) is 0 Å². The van der Waals surface area contributed by atoms with Crippen LogP contribution < -0.4 is 31.1 Å². The third-order valence-electron chi connectivity index (χ3n) is 18.1. The van der Waals surface area contributed by atoms with Crippen LogP contribution in [0.5, 0.6) is 0 Å². The van der Waals surface area contributed by atoms with E-state index >= 15 is 0 Å². The molecule has 0 spiro atoms. The third-order valence-corrected chi connectivity index (χ3v) is 18.1. The Morgan fingerprint density at radius 2 is 1.09 bits per heavy atom. The van der Waals surface area contributed by atoms with Gasteiger partial charge in [0, 0.05) is 56.3 Å². The summed E-state index contributed by atoms with van der Waals surface area (Å²) in [7, 11) is 0. The van der Waals surface area contributed by atoms with Gasteiger partial charge in [0.2, 0.25) is 0 Å². The van der Waals surface area contributed by atoms with Gasteiger partial charge in [-0.05, 0) is 170 Å². The molecule has 1 saturated carbocycles. The van der Waals surface area contributed by atoms with Crippen molar-refractivity contribution < 1.29 is 0 Å². The molecule has 3 nitrogen and oxygen atoms in total. The predicted molar refractivity (Wildman–Crippen MR) is 302 cm³/mol. The van der Waals surface area contributed by atoms with Crippen molar-refractivity contribution >= 4 is 68.6 Å². The van der Waals surface area contributed by atoms with Crippen molar-refractivity contribution in [3.63, 3.8) is 0 Å². The molecule has 7 aromatic rings. The molecule has 2 aliphatic carbocycles. The second kappa shape index (κ2) is 14.8. The fourth-order valence-corrected chi connectivity index (χ4v) is 13.8. The van der Waals surface area contributed by atoms with Gasteiger partial charge in [0.1, 0.15) is 0 Å². The van der Waals surface area contributed by atoms with Gasteiger partial charge in [-0.25, -0.2) is 0 Å². The Hall–Kier alpha value is -6.00. The molecule has 0 radical (unpaired) electrons. The lowest BCUT2D eigenvalue weighted by atomic mass is 9.33. The van der Waals surface area contributed by atoms with Crippen LogP contribution in [-0.2, 0) is 27.1 Å². The van der Waals surface area contributed by atoms with E-state index in [0.717, 1.165) is 17.1 Å². The molecule has 354 valence electrons. The highest BCUT2D eigenvalue weighted by atomic mass is 15.3. The minimum Gasteiger partial charge on any atom is -0.335 e. The van der Waals surface area contributed by atoms with E-state index in [9.17, 15) is 0 Å². The molecule has 5 aliphatic rings. The molecule has 0 bridgehead atoms. The third kappa shape index (κ3) is 6.33. The molecule has 0 aromatic heterocycles. The molecule has 3 heterocycles. The van der Waals surface area contributed by atoms with E-state index in [1.165, 1.54) is 115 Å². The highest BCUT2D eigenvalue weighted by Crippen LogP contribution is 2.62. The molecule has 1 fully saturated rings. The van der Waals surface area contributed by atoms with Crippen LogP contribution in [0.4, 0.5) is 45.5 Å². The molecular formula is C66H72BN3. The van der Waals surface area contributed by atoms with E-state index in [2.05, 4.69) is 245 Å². The second-order valence-corrected chi connectivity index (χ2v) is 25.9. The van der Waals surface area contributed by atoms with E-state index in [4.69, 9.17) is 0 Å². The Kier molecular flexibility index (Phi) is 9.54. The first-order valence-electron chi connectivity index (χ1n) is 26.3. The summed E-state index contributed by atoms with van der Waals surface area (Å²) < 4.78 is 0. The van der Waals surface area contributed by atoms with Crippen LogP contribution in [0.2, 0.25) is 0 Å². The Morgan fingerprint density at radius 3 is 1.73 bits per heavy atom. The number of benzene rings is 7. The van der Waals surface area contributed by atoms with E-state index in [-0.39, 0.29) is 39.3 Å². The summed E-state index contributed by atoms with van der Waals surface area (Å²) in [5.74, 6) is 0. The molecule has 0 amide bonds. The van der Waals surface area contributed by atoms with Crippen molar-refractivity contribution in [3.8, 4) is 11.1 Å². The zero-order valence-corrected chi connectivity index (χ0v) is 44.4. The van der Waals surface area contributed by atoms with Gasteiger partial charge in [-0.1, -0.05) is 169 Å². The van der Waals surface area contributed by atoms with Gasteiger partial charge in [0.25, 0.3) is 6.71 Å². The number of hydrogen-bond donors (Lipinski definition) is 0. The largest absolute Gasteiger partial charge is 0.335 e. The Labute approximate surface area is 420 Å². The van der Waals surface area contributed by atoms with Gasteiger partial charge in [-0.3, -0.25) is 0 Å². The molecule has 70 heavy (non-hydrogen) atoms. The molecule has 7 aromatic carbocycles. The van der Waals surface area contributed by atoms with Crippen molar-refractivity contribution in [1.29, 1.82) is 0 Å². The van der Waals surface area contributed by atoms with E-state index in [1.54, 1.807) is 5.56 Å². The monoisotopic (exact) mass is 918 g/mol. The maximum atomic E-state index is 2.88. The van der Waals surface area contributed by atoms with Crippen molar-refractivity contribution in [2.45, 2.75) is 155 Å². The van der Waals surface area contributed by atoms with Crippen LogP contribution in [0, 0.1) is 6.92 Å². The quantitative estimate of drug-likeness (QED) is 0.163. The lowest BCUT2D eigenvalue weighted by Gasteiger charge is -2.53. The standard InChI is InChI=1S/C66H72BN3/c1-41-35-57-59-58(36-41)70-60-53(65(13)33-17-18-34-66(65,70)14)37-44(63(8,9)10)38-55(60)67(59)54-32-30-48(40-56(54)69(57)47-29-31-52-50(39-47)49-19-15-16-20-51(49)64(52,11)12)68(45-25-21-42(22-26-45)61(2,3)4)46-27-23-43(24-28-46)62(5,6)7/h15-16,19-32,35-40H,17-18,33-34H2,1-14H3. The smallest absolute Gasteiger partial charge is 0.252 e. The average molecular weight is 918 g/mol. The lowest BCUT2D eigenvalue weighted by molar-refractivity contribution is 0.195. The summed E-state index contributed by atoms with van der Waals surface area (Å²) in [5, 5.41) is 0. The van der Waals surface area contributed by atoms with Crippen molar-refractivity contribution in [2.75, 3.05) is 14.7 Å². The van der Waals surface area contributed by atoms with Gasteiger partial charge in [0.05, 0.1) is 5.54 Å². The fourth-order valence-electron chi connectivity index (χ4n) is 13.8. The van der Waals surface area contributed by atoms with Crippen molar-refractivity contribution in [3.05, 3.63) is 172 Å². The van der Waals surface area contributed by atoms with Gasteiger partial charge in [0.15, 0.2) is 0 Å². The molecule has 12 rings (SSSR count). The molecule has 2 unspecified atom stereocenters. The zero-order chi connectivity index (χ0) is 49.2. The summed E-state index contributed by atoms with van der Waals surface area (Å²) in [6, 6.07) is 52.9. The van der Waals surface area contributed by atoms with Crippen molar-refractivity contribution in [2.24, 2.45) is 0 Å². The molecule has 2 atom stereocenters. The first-order valence-corrected chi connectivity index (χ1v) is 26.3. The number of fused-ring (bicyclic) bond motifs is 10. The van der Waals surface area contributed by atoms with Crippen LogP contribution in [0.1, 0.15) is 155 Å². The van der Waals surface area contributed by atoms with Crippen LogP contribution in [0.25, 0.3) is 11.1 Å². The van der Waals surface area contributed by atoms with Crippen LogP contribution >= 0.6 is 0 Å². The normalized spacial score (nSPS) is 20.3. The minimum atomic E-state index is -0.0827. The summed E-state index contributed by atoms with van der Waals surface area (Å²) in [6.45, 7) is 33.5. The number of nitrogens with zero attached hydrogens (tertiary/aromatic N) is 3. The van der Waals surface area contributed by atoms with E-state index < -0.39 is 0 Å².